The summed E-state index contributed by atoms with van der Waals surface area (Å²) in [5, 5.41) is 3.06. The van der Waals surface area contributed by atoms with E-state index in [1.54, 1.807) is 4.90 Å². The van der Waals surface area contributed by atoms with Crippen LogP contribution >= 0.6 is 0 Å². The summed E-state index contributed by atoms with van der Waals surface area (Å²) in [4.78, 5) is 40.9. The summed E-state index contributed by atoms with van der Waals surface area (Å²) in [5.74, 6) is 6.04. The van der Waals surface area contributed by atoms with Crippen LogP contribution < -0.4 is 27.4 Å². The summed E-state index contributed by atoms with van der Waals surface area (Å²) in [5.41, 5.74) is 19.3. The molecule has 0 unspecified atom stereocenters. The Morgan fingerprint density at radius 2 is 1.22 bits per heavy atom. The number of hydrogen-bond donors (Lipinski definition) is 4. The van der Waals surface area contributed by atoms with Gasteiger partial charge in [-0.1, -0.05) is 42.2 Å². The predicted molar refractivity (Wildman–Crippen MR) is 193 cm³/mol. The van der Waals surface area contributed by atoms with E-state index >= 15 is 0 Å². The van der Waals surface area contributed by atoms with E-state index in [9.17, 15) is 14.4 Å². The summed E-state index contributed by atoms with van der Waals surface area (Å²) in [6.07, 6.45) is 3.21. The van der Waals surface area contributed by atoms with Gasteiger partial charge in [0.05, 0.1) is 38.7 Å². The Balaban J connectivity index is 1.43. The van der Waals surface area contributed by atoms with Gasteiger partial charge in [-0.25, -0.2) is 0 Å². The maximum atomic E-state index is 13.4. The molecule has 0 spiro atoms. The number of Topliss-reactive ketones (excluding diaryl/α,β-unsaturated/α-hetero) is 1. The highest BCUT2D eigenvalue weighted by molar-refractivity contribution is 5.97. The molecule has 0 aromatic heterocycles. The number of rotatable bonds is 26. The van der Waals surface area contributed by atoms with Crippen LogP contribution in [0.1, 0.15) is 68.1 Å². The fourth-order valence-electron chi connectivity index (χ4n) is 5.30. The van der Waals surface area contributed by atoms with Gasteiger partial charge in [0.2, 0.25) is 11.8 Å². The lowest BCUT2D eigenvalue weighted by molar-refractivity contribution is -0.129. The second-order valence-electron chi connectivity index (χ2n) is 12.3. The van der Waals surface area contributed by atoms with Gasteiger partial charge >= 0.3 is 0 Å². The maximum absolute atomic E-state index is 13.4. The smallest absolute Gasteiger partial charge is 0.227 e. The van der Waals surface area contributed by atoms with Gasteiger partial charge in [0.1, 0.15) is 11.3 Å². The zero-order valence-corrected chi connectivity index (χ0v) is 29.3. The van der Waals surface area contributed by atoms with Crippen LogP contribution in [-0.4, -0.2) is 95.6 Å². The van der Waals surface area contributed by atoms with Gasteiger partial charge in [0, 0.05) is 63.2 Å². The Bertz CT molecular complexity index is 1360. The van der Waals surface area contributed by atoms with Crippen molar-refractivity contribution in [3.8, 4) is 11.8 Å². The molecule has 1 heterocycles. The lowest BCUT2D eigenvalue weighted by Gasteiger charge is -2.34. The van der Waals surface area contributed by atoms with Gasteiger partial charge in [-0.3, -0.25) is 14.4 Å². The number of benzene rings is 2. The van der Waals surface area contributed by atoms with E-state index in [1.807, 2.05) is 48.5 Å². The van der Waals surface area contributed by atoms with Gasteiger partial charge in [-0.2, -0.15) is 0 Å². The van der Waals surface area contributed by atoms with Crippen LogP contribution in [-0.2, 0) is 39.9 Å². The molecule has 0 saturated carbocycles. The highest BCUT2D eigenvalue weighted by Gasteiger charge is 2.33. The lowest BCUT2D eigenvalue weighted by atomic mass is 10.0. The molecule has 7 N–H and O–H groups in total. The Kier molecular flexibility index (Phi) is 19.3. The largest absolute Gasteiger partial charge is 0.381 e. The third kappa shape index (κ3) is 14.7. The number of hydrogen-bond acceptors (Lipinski definition) is 10. The third-order valence-electron chi connectivity index (χ3n) is 8.03. The fourth-order valence-corrected chi connectivity index (χ4v) is 5.30. The quantitative estimate of drug-likeness (QED) is 0.0844. The monoisotopic (exact) mass is 693 g/mol. The average molecular weight is 694 g/mol. The second kappa shape index (κ2) is 23.7. The van der Waals surface area contributed by atoms with Crippen LogP contribution in [0.5, 0.6) is 0 Å². The number of para-hydroxylation sites is 1. The topological polar surface area (TPSA) is 181 Å². The molecule has 1 aliphatic heterocycles. The minimum atomic E-state index is -0.899. The first-order valence-corrected chi connectivity index (χ1v) is 17.6. The van der Waals surface area contributed by atoms with Crippen molar-refractivity contribution >= 4 is 23.3 Å². The van der Waals surface area contributed by atoms with Crippen molar-refractivity contribution in [2.45, 2.75) is 63.5 Å². The molecule has 2 aromatic carbocycles. The van der Waals surface area contributed by atoms with E-state index in [1.165, 1.54) is 0 Å². The highest BCUT2D eigenvalue weighted by atomic mass is 16.5. The molecule has 2 aromatic rings. The number of amides is 2. The van der Waals surface area contributed by atoms with Crippen LogP contribution in [0.15, 0.2) is 48.5 Å². The summed E-state index contributed by atoms with van der Waals surface area (Å²) < 4.78 is 23.2. The molecule has 12 heteroatoms. The minimum absolute atomic E-state index is 0.0103. The van der Waals surface area contributed by atoms with Gasteiger partial charge in [-0.15, -0.1) is 0 Å². The zero-order chi connectivity index (χ0) is 35.9. The number of nitrogens with one attached hydrogen (secondary N) is 1. The molecule has 0 bridgehead atoms. The number of fused-ring (bicyclic) bond motifs is 2. The van der Waals surface area contributed by atoms with E-state index in [-0.39, 0.29) is 69.7 Å². The maximum Gasteiger partial charge on any atom is 0.227 e. The first kappa shape index (κ1) is 40.8. The summed E-state index contributed by atoms with van der Waals surface area (Å²) in [6.45, 7) is 4.33. The molecule has 2 amide bonds. The Labute approximate surface area is 296 Å². The van der Waals surface area contributed by atoms with Gasteiger partial charge in [0.15, 0.2) is 0 Å². The van der Waals surface area contributed by atoms with E-state index in [0.29, 0.717) is 78.3 Å². The molecule has 50 heavy (non-hydrogen) atoms. The molecule has 1 aliphatic rings. The summed E-state index contributed by atoms with van der Waals surface area (Å²) in [6, 6.07) is 15.4. The first-order chi connectivity index (χ1) is 24.4. The van der Waals surface area contributed by atoms with Crippen molar-refractivity contribution in [1.82, 2.24) is 5.32 Å². The number of ketones is 1. The average Bonchev–Trinajstić information content (AvgIpc) is 3.12. The van der Waals surface area contributed by atoms with E-state index in [2.05, 4.69) is 17.2 Å². The van der Waals surface area contributed by atoms with Gasteiger partial charge < -0.3 is 46.4 Å². The zero-order valence-electron chi connectivity index (χ0n) is 29.3. The van der Waals surface area contributed by atoms with Crippen LogP contribution in [0.3, 0.4) is 0 Å². The molecular weight excluding hydrogens is 638 g/mol. The first-order valence-electron chi connectivity index (χ1n) is 17.6. The van der Waals surface area contributed by atoms with Crippen molar-refractivity contribution < 1.29 is 33.3 Å². The number of anilines is 1. The Hall–Kier alpha value is -3.67. The SMILES string of the molecule is NCCCOCC(COCCCN)(COCCCN)NC(=O)CCOCCCC(=O)CCC(=O)N1Cc2ccccc2C#Cc2ccccc21. The normalized spacial score (nSPS) is 12.3. The molecule has 3 rings (SSSR count). The van der Waals surface area contributed by atoms with Crippen LogP contribution in [0.2, 0.25) is 0 Å². The molecule has 0 atom stereocenters. The highest BCUT2D eigenvalue weighted by Crippen LogP contribution is 2.26. The van der Waals surface area contributed by atoms with Crippen molar-refractivity contribution in [3.63, 3.8) is 0 Å². The summed E-state index contributed by atoms with van der Waals surface area (Å²) in [7, 11) is 0. The van der Waals surface area contributed by atoms with Crippen molar-refractivity contribution in [2.75, 3.05) is 77.4 Å². The van der Waals surface area contributed by atoms with Gasteiger partial charge in [0.25, 0.3) is 0 Å². The minimum Gasteiger partial charge on any atom is -0.381 e. The molecule has 0 fully saturated rings. The Morgan fingerprint density at radius 3 is 1.86 bits per heavy atom. The number of carbonyl (C=O) groups is 3. The van der Waals surface area contributed by atoms with Crippen LogP contribution in [0.25, 0.3) is 0 Å². The number of nitrogens with two attached hydrogens (primary N) is 3. The fraction of sp³-hybridized carbons (Fsp3) is 0.553. The third-order valence-corrected chi connectivity index (χ3v) is 8.03. The molecule has 0 aliphatic carbocycles. The summed E-state index contributed by atoms with van der Waals surface area (Å²) >= 11 is 0. The molecule has 0 saturated heterocycles. The molecule has 274 valence electrons. The van der Waals surface area contributed by atoms with E-state index in [4.69, 9.17) is 36.1 Å². The molecular formula is C38H55N5O7. The standard InChI is InChI=1S/C38H55N5O7/c39-19-6-23-48-28-38(29-49-24-7-20-40,30-50-25-8-21-41)42-36(45)18-26-47-22-5-12-34(44)16-17-37(46)43-27-33-11-2-1-9-31(33)14-15-32-10-3-4-13-35(32)43/h1-4,9-11,13H,5-8,12,16-30,39-41H2,(H,42,45). The Morgan fingerprint density at radius 1 is 0.660 bits per heavy atom. The van der Waals surface area contributed by atoms with E-state index < -0.39 is 5.54 Å². The number of nitrogens with zero attached hydrogens (tertiary/aromatic N) is 1. The molecule has 0 radical (unpaired) electrons. The predicted octanol–water partition coefficient (Wildman–Crippen LogP) is 2.42. The second-order valence-corrected chi connectivity index (χ2v) is 12.3. The van der Waals surface area contributed by atoms with E-state index in [0.717, 1.165) is 22.4 Å². The lowest BCUT2D eigenvalue weighted by Crippen LogP contribution is -2.58. The van der Waals surface area contributed by atoms with Crippen molar-refractivity contribution in [2.24, 2.45) is 17.2 Å². The number of carbonyl (C=O) groups excluding carboxylic acids is 3. The molecule has 12 nitrogen and oxygen atoms in total. The van der Waals surface area contributed by atoms with Crippen LogP contribution in [0, 0.1) is 11.8 Å². The van der Waals surface area contributed by atoms with Crippen molar-refractivity contribution in [3.05, 3.63) is 65.2 Å². The van der Waals surface area contributed by atoms with Crippen LogP contribution in [0.4, 0.5) is 5.69 Å². The van der Waals surface area contributed by atoms with Crippen molar-refractivity contribution in [1.29, 1.82) is 0 Å². The van der Waals surface area contributed by atoms with Gasteiger partial charge in [-0.05, 0) is 69.1 Å². The number of ether oxygens (including phenoxy) is 4.